The van der Waals surface area contributed by atoms with Gasteiger partial charge >= 0.3 is 6.18 Å². The van der Waals surface area contributed by atoms with Crippen LogP contribution in [0.3, 0.4) is 0 Å². The molecule has 2 saturated heterocycles. The number of amides is 1. The highest BCUT2D eigenvalue weighted by Gasteiger charge is 2.34. The maximum atomic E-state index is 13.2. The van der Waals surface area contributed by atoms with Crippen molar-refractivity contribution in [1.82, 2.24) is 14.8 Å². The number of benzene rings is 1. The number of likely N-dealkylation sites (tertiary alicyclic amines) is 1. The molecule has 1 amide bonds. The van der Waals surface area contributed by atoms with E-state index in [1.54, 1.807) is 6.07 Å². The second-order valence-corrected chi connectivity index (χ2v) is 9.41. The number of aromatic nitrogens is 1. The van der Waals surface area contributed by atoms with E-state index in [4.69, 9.17) is 5.26 Å². The van der Waals surface area contributed by atoms with Crippen molar-refractivity contribution in [3.63, 3.8) is 0 Å². The molecule has 7 nitrogen and oxygen atoms in total. The highest BCUT2D eigenvalue weighted by molar-refractivity contribution is 5.76. The zero-order valence-electron chi connectivity index (χ0n) is 20.4. The predicted molar refractivity (Wildman–Crippen MR) is 132 cm³/mol. The molecular formula is C26H31F3N6O. The van der Waals surface area contributed by atoms with Gasteiger partial charge in [0.1, 0.15) is 0 Å². The maximum Gasteiger partial charge on any atom is 0.417 e. The number of pyridine rings is 1. The van der Waals surface area contributed by atoms with Crippen molar-refractivity contribution in [2.24, 2.45) is 0 Å². The molecule has 2 fully saturated rings. The summed E-state index contributed by atoms with van der Waals surface area (Å²) in [6, 6.07) is 9.38. The summed E-state index contributed by atoms with van der Waals surface area (Å²) < 4.78 is 39.7. The lowest BCUT2D eigenvalue weighted by molar-refractivity contribution is -0.137. The average molecular weight is 501 g/mol. The number of rotatable bonds is 6. The van der Waals surface area contributed by atoms with Crippen LogP contribution in [0.2, 0.25) is 0 Å². The van der Waals surface area contributed by atoms with Crippen LogP contribution in [-0.4, -0.2) is 72.5 Å². The minimum Gasteiger partial charge on any atom is -0.382 e. The SMILES string of the molecule is Cc1ccc(N2CCN(CCC(=O)N3CCC(Nc4ccc(C#N)c(C(F)(F)F)c4)CC3)CC2)cn1. The summed E-state index contributed by atoms with van der Waals surface area (Å²) >= 11 is 0. The average Bonchev–Trinajstić information content (AvgIpc) is 2.88. The number of carbonyl (C=O) groups is 1. The summed E-state index contributed by atoms with van der Waals surface area (Å²) in [5, 5.41) is 12.1. The Kier molecular flexibility index (Phi) is 7.99. The van der Waals surface area contributed by atoms with E-state index in [9.17, 15) is 18.0 Å². The Balaban J connectivity index is 1.19. The fourth-order valence-electron chi connectivity index (χ4n) is 4.76. The first-order valence-electron chi connectivity index (χ1n) is 12.3. The van der Waals surface area contributed by atoms with E-state index in [-0.39, 0.29) is 17.5 Å². The van der Waals surface area contributed by atoms with E-state index in [0.29, 0.717) is 38.0 Å². The van der Waals surface area contributed by atoms with Crippen molar-refractivity contribution >= 4 is 17.3 Å². The molecule has 2 aliphatic rings. The van der Waals surface area contributed by atoms with Gasteiger partial charge in [-0.2, -0.15) is 18.4 Å². The first kappa shape index (κ1) is 25.8. The normalized spacial score (nSPS) is 17.6. The van der Waals surface area contributed by atoms with Crippen LogP contribution in [0.5, 0.6) is 0 Å². The summed E-state index contributed by atoms with van der Waals surface area (Å²) in [6.45, 7) is 7.46. The first-order valence-corrected chi connectivity index (χ1v) is 12.3. The fraction of sp³-hybridized carbons (Fsp3) is 0.500. The number of nitriles is 1. The predicted octanol–water partition coefficient (Wildman–Crippen LogP) is 3.90. The summed E-state index contributed by atoms with van der Waals surface area (Å²) in [4.78, 5) is 23.6. The molecule has 0 radical (unpaired) electrons. The van der Waals surface area contributed by atoms with Gasteiger partial charge in [-0.1, -0.05) is 0 Å². The van der Waals surface area contributed by atoms with E-state index in [1.807, 2.05) is 24.1 Å². The van der Waals surface area contributed by atoms with Gasteiger partial charge in [0, 0.05) is 69.7 Å². The molecule has 1 N–H and O–H groups in total. The summed E-state index contributed by atoms with van der Waals surface area (Å²) in [5.41, 5.74) is 1.15. The van der Waals surface area contributed by atoms with Crippen LogP contribution in [-0.2, 0) is 11.0 Å². The van der Waals surface area contributed by atoms with E-state index in [2.05, 4.69) is 26.2 Å². The fourth-order valence-corrected chi connectivity index (χ4v) is 4.76. The van der Waals surface area contributed by atoms with Crippen LogP contribution in [0.25, 0.3) is 0 Å². The van der Waals surface area contributed by atoms with Crippen LogP contribution in [0.15, 0.2) is 36.5 Å². The number of nitrogens with one attached hydrogen (secondary N) is 1. The second kappa shape index (κ2) is 11.2. The van der Waals surface area contributed by atoms with Gasteiger partial charge in [0.25, 0.3) is 0 Å². The number of carbonyl (C=O) groups excluding carboxylic acids is 1. The summed E-state index contributed by atoms with van der Waals surface area (Å²) in [5.74, 6) is 0.122. The topological polar surface area (TPSA) is 75.5 Å². The van der Waals surface area contributed by atoms with E-state index < -0.39 is 11.7 Å². The molecule has 2 aromatic rings. The van der Waals surface area contributed by atoms with Gasteiger partial charge in [-0.15, -0.1) is 0 Å². The highest BCUT2D eigenvalue weighted by Crippen LogP contribution is 2.34. The number of anilines is 2. The zero-order chi connectivity index (χ0) is 25.7. The van der Waals surface area contributed by atoms with Gasteiger partial charge in [0.15, 0.2) is 0 Å². The van der Waals surface area contributed by atoms with Crippen LogP contribution >= 0.6 is 0 Å². The van der Waals surface area contributed by atoms with Crippen molar-refractivity contribution in [2.75, 3.05) is 56.0 Å². The van der Waals surface area contributed by atoms with Crippen molar-refractivity contribution in [2.45, 2.75) is 38.4 Å². The number of piperidine rings is 1. The Bertz CT molecular complexity index is 1080. The lowest BCUT2D eigenvalue weighted by atomic mass is 10.0. The first-order chi connectivity index (χ1) is 17.2. The number of piperazine rings is 1. The number of aryl methyl sites for hydroxylation is 1. The van der Waals surface area contributed by atoms with Gasteiger partial charge in [-0.3, -0.25) is 14.7 Å². The second-order valence-electron chi connectivity index (χ2n) is 9.41. The smallest absolute Gasteiger partial charge is 0.382 e. The van der Waals surface area contributed by atoms with Gasteiger partial charge in [-0.05, 0) is 50.1 Å². The Labute approximate surface area is 209 Å². The Morgan fingerprint density at radius 1 is 1.11 bits per heavy atom. The number of hydrogen-bond acceptors (Lipinski definition) is 6. The lowest BCUT2D eigenvalue weighted by Crippen LogP contribution is -2.48. The third kappa shape index (κ3) is 6.46. The largest absolute Gasteiger partial charge is 0.417 e. The minimum atomic E-state index is -4.58. The number of alkyl halides is 3. The van der Waals surface area contributed by atoms with Crippen molar-refractivity contribution in [1.29, 1.82) is 5.26 Å². The number of nitrogens with zero attached hydrogens (tertiary/aromatic N) is 5. The molecule has 0 bridgehead atoms. The monoisotopic (exact) mass is 500 g/mol. The third-order valence-electron chi connectivity index (χ3n) is 6.94. The van der Waals surface area contributed by atoms with Gasteiger partial charge in [0.2, 0.25) is 5.91 Å². The van der Waals surface area contributed by atoms with Gasteiger partial charge in [-0.25, -0.2) is 0 Å². The molecule has 0 unspecified atom stereocenters. The van der Waals surface area contributed by atoms with Gasteiger partial charge in [0.05, 0.1) is 29.1 Å². The Morgan fingerprint density at radius 2 is 1.83 bits per heavy atom. The third-order valence-corrected chi connectivity index (χ3v) is 6.94. The molecular weight excluding hydrogens is 469 g/mol. The Morgan fingerprint density at radius 3 is 2.44 bits per heavy atom. The number of halogens is 3. The molecule has 36 heavy (non-hydrogen) atoms. The van der Waals surface area contributed by atoms with Crippen LogP contribution in [0.4, 0.5) is 24.5 Å². The van der Waals surface area contributed by atoms with Gasteiger partial charge < -0.3 is 15.1 Å². The molecule has 4 rings (SSSR count). The molecule has 192 valence electrons. The van der Waals surface area contributed by atoms with Crippen LogP contribution in [0.1, 0.15) is 36.1 Å². The van der Waals surface area contributed by atoms with Crippen molar-refractivity contribution in [3.05, 3.63) is 53.3 Å². The van der Waals surface area contributed by atoms with E-state index in [0.717, 1.165) is 50.2 Å². The van der Waals surface area contributed by atoms with Crippen molar-refractivity contribution < 1.29 is 18.0 Å². The van der Waals surface area contributed by atoms with E-state index in [1.165, 1.54) is 12.1 Å². The Hall–Kier alpha value is -3.32. The highest BCUT2D eigenvalue weighted by atomic mass is 19.4. The molecule has 2 aliphatic heterocycles. The summed E-state index contributed by atoms with van der Waals surface area (Å²) in [6.07, 6.45) is -0.881. The summed E-state index contributed by atoms with van der Waals surface area (Å²) in [7, 11) is 0. The molecule has 10 heteroatoms. The minimum absolute atomic E-state index is 0.0209. The molecule has 1 aromatic heterocycles. The molecule has 0 saturated carbocycles. The van der Waals surface area contributed by atoms with Crippen molar-refractivity contribution in [3.8, 4) is 6.07 Å². The quantitative estimate of drug-likeness (QED) is 0.649. The zero-order valence-corrected chi connectivity index (χ0v) is 20.4. The molecule has 0 spiro atoms. The standard InChI is InChI=1S/C26H31F3N6O/c1-19-2-5-23(18-31-19)34-14-12-33(13-15-34)9-8-25(36)35-10-6-21(7-11-35)32-22-4-3-20(17-30)24(16-22)26(27,28)29/h2-5,16,18,21,32H,6-15H2,1H3. The molecule has 3 heterocycles. The maximum absolute atomic E-state index is 13.2. The molecule has 0 aliphatic carbocycles. The molecule has 1 aromatic carbocycles. The molecule has 0 atom stereocenters. The number of hydrogen-bond donors (Lipinski definition) is 1. The lowest BCUT2D eigenvalue weighted by Gasteiger charge is -2.37. The van der Waals surface area contributed by atoms with Crippen LogP contribution < -0.4 is 10.2 Å². The van der Waals surface area contributed by atoms with E-state index >= 15 is 0 Å². The van der Waals surface area contributed by atoms with Crippen LogP contribution in [0, 0.1) is 18.3 Å².